The SMILES string of the molecule is O=C1CC(CF)CN1C1CCN(c2ccc(C(F)(F)F)cn2)CC1. The van der Waals surface area contributed by atoms with E-state index in [0.717, 1.165) is 12.3 Å². The molecule has 1 atom stereocenters. The van der Waals surface area contributed by atoms with Gasteiger partial charge in [-0.2, -0.15) is 13.2 Å². The van der Waals surface area contributed by atoms with Crippen molar-refractivity contribution < 1.29 is 22.4 Å². The first-order chi connectivity index (χ1) is 11.4. The highest BCUT2D eigenvalue weighted by Crippen LogP contribution is 2.31. The molecule has 2 saturated heterocycles. The third-order valence-electron chi connectivity index (χ3n) is 4.76. The average molecular weight is 345 g/mol. The van der Waals surface area contributed by atoms with Gasteiger partial charge in [0.15, 0.2) is 0 Å². The van der Waals surface area contributed by atoms with Gasteiger partial charge in [0.2, 0.25) is 5.91 Å². The molecule has 2 aliphatic heterocycles. The molecule has 0 spiro atoms. The molecule has 2 aliphatic rings. The summed E-state index contributed by atoms with van der Waals surface area (Å²) >= 11 is 0. The van der Waals surface area contributed by atoms with Crippen molar-refractivity contribution in [3.05, 3.63) is 23.9 Å². The summed E-state index contributed by atoms with van der Waals surface area (Å²) in [5.41, 5.74) is -0.763. The second kappa shape index (κ2) is 6.57. The Hall–Kier alpha value is -1.86. The zero-order chi connectivity index (χ0) is 17.3. The molecule has 0 aromatic carbocycles. The van der Waals surface area contributed by atoms with Gasteiger partial charge in [-0.15, -0.1) is 0 Å². The first kappa shape index (κ1) is 17.0. The molecule has 0 N–H and O–H groups in total. The summed E-state index contributed by atoms with van der Waals surface area (Å²) in [6.45, 7) is 1.23. The van der Waals surface area contributed by atoms with Gasteiger partial charge in [0.25, 0.3) is 0 Å². The van der Waals surface area contributed by atoms with Crippen LogP contribution in [0.15, 0.2) is 18.3 Å². The lowest BCUT2D eigenvalue weighted by Crippen LogP contribution is -2.45. The Labute approximate surface area is 137 Å². The third-order valence-corrected chi connectivity index (χ3v) is 4.76. The molecule has 3 rings (SSSR count). The molecule has 3 heterocycles. The van der Waals surface area contributed by atoms with E-state index in [0.29, 0.717) is 38.3 Å². The molecule has 0 bridgehead atoms. The number of anilines is 1. The second-order valence-electron chi connectivity index (χ2n) is 6.39. The highest BCUT2D eigenvalue weighted by molar-refractivity contribution is 5.79. The van der Waals surface area contributed by atoms with Gasteiger partial charge in [0.05, 0.1) is 12.2 Å². The molecule has 1 aromatic heterocycles. The Bertz CT molecular complexity index is 582. The van der Waals surface area contributed by atoms with Gasteiger partial charge in [0.1, 0.15) is 5.82 Å². The molecule has 8 heteroatoms. The number of halogens is 4. The Kier molecular flexibility index (Phi) is 4.64. The number of hydrogen-bond donors (Lipinski definition) is 0. The van der Waals surface area contributed by atoms with E-state index in [1.807, 2.05) is 4.90 Å². The number of piperidine rings is 1. The van der Waals surface area contributed by atoms with E-state index in [1.54, 1.807) is 4.90 Å². The summed E-state index contributed by atoms with van der Waals surface area (Å²) in [7, 11) is 0. The fraction of sp³-hybridized carbons (Fsp3) is 0.625. The summed E-state index contributed by atoms with van der Waals surface area (Å²) in [6.07, 6.45) is -1.84. The molecular formula is C16H19F4N3O. The first-order valence-electron chi connectivity index (χ1n) is 8.02. The van der Waals surface area contributed by atoms with Crippen molar-refractivity contribution in [2.45, 2.75) is 31.5 Å². The predicted molar refractivity (Wildman–Crippen MR) is 80.3 cm³/mol. The van der Waals surface area contributed by atoms with Gasteiger partial charge in [-0.05, 0) is 25.0 Å². The number of amides is 1. The van der Waals surface area contributed by atoms with E-state index in [2.05, 4.69) is 4.98 Å². The van der Waals surface area contributed by atoms with Crippen LogP contribution in [0.1, 0.15) is 24.8 Å². The fourth-order valence-corrected chi connectivity index (χ4v) is 3.41. The lowest BCUT2D eigenvalue weighted by Gasteiger charge is -2.37. The molecule has 0 radical (unpaired) electrons. The molecule has 0 aliphatic carbocycles. The van der Waals surface area contributed by atoms with Crippen molar-refractivity contribution in [3.63, 3.8) is 0 Å². The van der Waals surface area contributed by atoms with Crippen LogP contribution in [0.4, 0.5) is 23.4 Å². The largest absolute Gasteiger partial charge is 0.417 e. The summed E-state index contributed by atoms with van der Waals surface area (Å²) in [6, 6.07) is 2.49. The molecule has 1 aromatic rings. The van der Waals surface area contributed by atoms with Gasteiger partial charge in [0, 0.05) is 44.2 Å². The van der Waals surface area contributed by atoms with Crippen LogP contribution in [0.5, 0.6) is 0 Å². The monoisotopic (exact) mass is 345 g/mol. The summed E-state index contributed by atoms with van der Waals surface area (Å²) in [4.78, 5) is 19.5. The van der Waals surface area contributed by atoms with Crippen LogP contribution in [-0.2, 0) is 11.0 Å². The zero-order valence-corrected chi connectivity index (χ0v) is 13.1. The van der Waals surface area contributed by atoms with E-state index < -0.39 is 18.4 Å². The highest BCUT2D eigenvalue weighted by Gasteiger charge is 2.36. The standard InChI is InChI=1S/C16H19F4N3O/c17-8-11-7-15(24)23(10-11)13-3-5-22(6-4-13)14-2-1-12(9-21-14)16(18,19)20/h1-2,9,11,13H,3-8,10H2. The van der Waals surface area contributed by atoms with Gasteiger partial charge in [-0.3, -0.25) is 9.18 Å². The maximum Gasteiger partial charge on any atom is 0.417 e. The first-order valence-corrected chi connectivity index (χ1v) is 8.02. The second-order valence-corrected chi connectivity index (χ2v) is 6.39. The van der Waals surface area contributed by atoms with Gasteiger partial charge in [-0.1, -0.05) is 0 Å². The van der Waals surface area contributed by atoms with E-state index in [4.69, 9.17) is 0 Å². The number of alkyl halides is 4. The van der Waals surface area contributed by atoms with Crippen LogP contribution in [0.3, 0.4) is 0 Å². The number of nitrogens with zero attached hydrogens (tertiary/aromatic N) is 3. The number of rotatable bonds is 3. The van der Waals surface area contributed by atoms with Crippen molar-refractivity contribution in [1.29, 1.82) is 0 Å². The quantitative estimate of drug-likeness (QED) is 0.791. The maximum absolute atomic E-state index is 12.7. The minimum absolute atomic E-state index is 0.00348. The number of pyridine rings is 1. The van der Waals surface area contributed by atoms with E-state index in [9.17, 15) is 22.4 Å². The van der Waals surface area contributed by atoms with E-state index in [1.165, 1.54) is 6.07 Å². The molecule has 4 nitrogen and oxygen atoms in total. The van der Waals surface area contributed by atoms with Crippen LogP contribution < -0.4 is 4.90 Å². The van der Waals surface area contributed by atoms with Crippen molar-refractivity contribution in [1.82, 2.24) is 9.88 Å². The zero-order valence-electron chi connectivity index (χ0n) is 13.1. The Balaban J connectivity index is 1.58. The van der Waals surface area contributed by atoms with Crippen LogP contribution in [-0.4, -0.2) is 48.1 Å². The van der Waals surface area contributed by atoms with Crippen LogP contribution in [0.2, 0.25) is 0 Å². The molecule has 2 fully saturated rings. The topological polar surface area (TPSA) is 36.4 Å². The van der Waals surface area contributed by atoms with Crippen LogP contribution in [0.25, 0.3) is 0 Å². The lowest BCUT2D eigenvalue weighted by molar-refractivity contribution is -0.137. The Morgan fingerprint density at radius 2 is 1.92 bits per heavy atom. The Morgan fingerprint density at radius 3 is 2.42 bits per heavy atom. The van der Waals surface area contributed by atoms with E-state index in [-0.39, 0.29) is 24.3 Å². The molecule has 1 unspecified atom stereocenters. The smallest absolute Gasteiger partial charge is 0.356 e. The molecule has 0 saturated carbocycles. The molecule has 1 amide bonds. The lowest BCUT2D eigenvalue weighted by atomic mass is 10.0. The number of hydrogen-bond acceptors (Lipinski definition) is 3. The maximum atomic E-state index is 12.7. The average Bonchev–Trinajstić information content (AvgIpc) is 2.95. The van der Waals surface area contributed by atoms with Gasteiger partial charge in [-0.25, -0.2) is 4.98 Å². The number of aromatic nitrogens is 1. The van der Waals surface area contributed by atoms with Crippen molar-refractivity contribution in [2.75, 3.05) is 31.2 Å². The number of carbonyl (C=O) groups excluding carboxylic acids is 1. The minimum atomic E-state index is -4.39. The molecule has 132 valence electrons. The number of carbonyl (C=O) groups is 1. The minimum Gasteiger partial charge on any atom is -0.356 e. The summed E-state index contributed by atoms with van der Waals surface area (Å²) < 4.78 is 50.4. The van der Waals surface area contributed by atoms with Crippen molar-refractivity contribution in [3.8, 4) is 0 Å². The van der Waals surface area contributed by atoms with Crippen LogP contribution in [0, 0.1) is 5.92 Å². The molecule has 24 heavy (non-hydrogen) atoms. The normalized spacial score (nSPS) is 23.2. The fourth-order valence-electron chi connectivity index (χ4n) is 3.41. The van der Waals surface area contributed by atoms with Gasteiger partial charge >= 0.3 is 6.18 Å². The number of likely N-dealkylation sites (tertiary alicyclic amines) is 1. The van der Waals surface area contributed by atoms with Gasteiger partial charge < -0.3 is 9.80 Å². The summed E-state index contributed by atoms with van der Waals surface area (Å²) in [5, 5.41) is 0. The predicted octanol–water partition coefficient (Wildman–Crippen LogP) is 2.89. The Morgan fingerprint density at radius 1 is 1.21 bits per heavy atom. The third kappa shape index (κ3) is 3.47. The summed E-state index contributed by atoms with van der Waals surface area (Å²) in [5.74, 6) is 0.312. The van der Waals surface area contributed by atoms with Crippen molar-refractivity contribution >= 4 is 11.7 Å². The van der Waals surface area contributed by atoms with Crippen LogP contribution >= 0.6 is 0 Å². The highest BCUT2D eigenvalue weighted by atomic mass is 19.4. The van der Waals surface area contributed by atoms with Crippen molar-refractivity contribution in [2.24, 2.45) is 5.92 Å². The molecular weight excluding hydrogens is 326 g/mol. The van der Waals surface area contributed by atoms with E-state index >= 15 is 0 Å².